The van der Waals surface area contributed by atoms with E-state index in [1.807, 2.05) is 37.3 Å². The third-order valence-corrected chi connectivity index (χ3v) is 5.24. The van der Waals surface area contributed by atoms with Crippen LogP contribution in [0.1, 0.15) is 18.2 Å². The van der Waals surface area contributed by atoms with Crippen molar-refractivity contribution in [1.82, 2.24) is 9.88 Å². The maximum absolute atomic E-state index is 5.50. The molecule has 5 nitrogen and oxygen atoms in total. The highest BCUT2D eigenvalue weighted by atomic mass is 32.1. The summed E-state index contributed by atoms with van der Waals surface area (Å²) in [6.07, 6.45) is 0. The lowest BCUT2D eigenvalue weighted by atomic mass is 10.2. The normalized spacial score (nSPS) is 10.9. The Kier molecular flexibility index (Phi) is 6.90. The fourth-order valence-electron chi connectivity index (χ4n) is 2.98. The van der Waals surface area contributed by atoms with E-state index < -0.39 is 0 Å². The largest absolute Gasteiger partial charge is 0.494 e. The maximum Gasteiger partial charge on any atom is 0.161 e. The van der Waals surface area contributed by atoms with Gasteiger partial charge >= 0.3 is 0 Å². The van der Waals surface area contributed by atoms with Gasteiger partial charge in [0.15, 0.2) is 11.5 Å². The third-order valence-electron chi connectivity index (χ3n) is 4.30. The second-order valence-corrected chi connectivity index (χ2v) is 7.32. The van der Waals surface area contributed by atoms with Crippen LogP contribution in [0, 0.1) is 0 Å². The third kappa shape index (κ3) is 5.03. The van der Waals surface area contributed by atoms with Gasteiger partial charge in [0, 0.05) is 24.0 Å². The molecule has 0 amide bonds. The van der Waals surface area contributed by atoms with Crippen LogP contribution in [0.5, 0.6) is 17.2 Å². The summed E-state index contributed by atoms with van der Waals surface area (Å²) in [5.41, 5.74) is 3.34. The number of methoxy groups -OCH3 is 2. The molecule has 0 aliphatic carbocycles. The Morgan fingerprint density at radius 2 is 1.71 bits per heavy atom. The van der Waals surface area contributed by atoms with Crippen molar-refractivity contribution in [3.63, 3.8) is 0 Å². The lowest BCUT2D eigenvalue weighted by molar-refractivity contribution is 0.315. The predicted molar refractivity (Wildman–Crippen MR) is 113 cm³/mol. The van der Waals surface area contributed by atoms with Gasteiger partial charge in [0.1, 0.15) is 10.8 Å². The van der Waals surface area contributed by atoms with E-state index in [4.69, 9.17) is 19.2 Å². The number of ether oxygens (including phenoxy) is 3. The van der Waals surface area contributed by atoms with Crippen molar-refractivity contribution in [2.75, 3.05) is 27.9 Å². The molecule has 0 atom stereocenters. The fourth-order valence-corrected chi connectivity index (χ4v) is 3.79. The van der Waals surface area contributed by atoms with Gasteiger partial charge in [-0.1, -0.05) is 12.1 Å². The lowest BCUT2D eigenvalue weighted by Gasteiger charge is -2.15. The smallest absolute Gasteiger partial charge is 0.161 e. The molecule has 0 N–H and O–H groups in total. The van der Waals surface area contributed by atoms with Gasteiger partial charge < -0.3 is 14.2 Å². The molecular formula is C22H26N2O3S. The molecule has 0 aliphatic rings. The molecule has 0 bridgehead atoms. The molecule has 0 fully saturated rings. The first-order valence-electron chi connectivity index (χ1n) is 9.20. The van der Waals surface area contributed by atoms with Crippen LogP contribution >= 0.6 is 11.3 Å². The van der Waals surface area contributed by atoms with Gasteiger partial charge in [-0.15, -0.1) is 11.3 Å². The summed E-state index contributed by atoms with van der Waals surface area (Å²) in [5.74, 6) is 2.34. The van der Waals surface area contributed by atoms with Crippen LogP contribution in [0.3, 0.4) is 0 Å². The minimum atomic E-state index is 0.686. The van der Waals surface area contributed by atoms with Crippen molar-refractivity contribution in [1.29, 1.82) is 0 Å². The highest BCUT2D eigenvalue weighted by Gasteiger charge is 2.11. The molecule has 0 saturated carbocycles. The van der Waals surface area contributed by atoms with Crippen molar-refractivity contribution in [3.8, 4) is 27.8 Å². The monoisotopic (exact) mass is 398 g/mol. The first-order valence-corrected chi connectivity index (χ1v) is 10.1. The molecule has 0 saturated heterocycles. The number of nitrogens with zero attached hydrogens (tertiary/aromatic N) is 2. The number of aromatic nitrogens is 1. The summed E-state index contributed by atoms with van der Waals surface area (Å²) in [6.45, 7) is 4.32. The number of thiazole rings is 1. The SMILES string of the molecule is CCOc1ccc(CN(C)Cc2csc(-c3ccc(OC)c(OC)c3)n2)cc1. The van der Waals surface area contributed by atoms with Gasteiger partial charge in [0.25, 0.3) is 0 Å². The van der Waals surface area contributed by atoms with Gasteiger partial charge in [-0.2, -0.15) is 0 Å². The highest BCUT2D eigenvalue weighted by Crippen LogP contribution is 2.33. The van der Waals surface area contributed by atoms with E-state index in [-0.39, 0.29) is 0 Å². The topological polar surface area (TPSA) is 43.8 Å². The second kappa shape index (κ2) is 9.57. The van der Waals surface area contributed by atoms with Crippen molar-refractivity contribution >= 4 is 11.3 Å². The Bertz CT molecular complexity index is 893. The van der Waals surface area contributed by atoms with Crippen LogP contribution in [0.4, 0.5) is 0 Å². The molecule has 148 valence electrons. The quantitative estimate of drug-likeness (QED) is 0.515. The van der Waals surface area contributed by atoms with E-state index in [9.17, 15) is 0 Å². The van der Waals surface area contributed by atoms with Gasteiger partial charge in [-0.25, -0.2) is 4.98 Å². The highest BCUT2D eigenvalue weighted by molar-refractivity contribution is 7.13. The van der Waals surface area contributed by atoms with Crippen LogP contribution < -0.4 is 14.2 Å². The van der Waals surface area contributed by atoms with E-state index in [2.05, 4.69) is 29.5 Å². The molecule has 0 radical (unpaired) electrons. The average molecular weight is 399 g/mol. The predicted octanol–water partition coefficient (Wildman–Crippen LogP) is 4.86. The van der Waals surface area contributed by atoms with E-state index in [1.165, 1.54) is 5.56 Å². The van der Waals surface area contributed by atoms with Gasteiger partial charge in [0.05, 0.1) is 26.5 Å². The molecule has 0 aliphatic heterocycles. The van der Waals surface area contributed by atoms with Crippen LogP contribution in [-0.4, -0.2) is 37.8 Å². The molecule has 1 aromatic heterocycles. The Hall–Kier alpha value is -2.57. The van der Waals surface area contributed by atoms with Crippen molar-refractivity contribution in [3.05, 3.63) is 59.1 Å². The molecule has 2 aromatic carbocycles. The molecule has 1 heterocycles. The zero-order chi connectivity index (χ0) is 19.9. The van der Waals surface area contributed by atoms with Crippen LogP contribution in [0.2, 0.25) is 0 Å². The van der Waals surface area contributed by atoms with Gasteiger partial charge in [0.2, 0.25) is 0 Å². The molecule has 0 spiro atoms. The summed E-state index contributed by atoms with van der Waals surface area (Å²) in [5, 5.41) is 3.09. The van der Waals surface area contributed by atoms with Crippen LogP contribution in [0.25, 0.3) is 10.6 Å². The zero-order valence-corrected chi connectivity index (χ0v) is 17.6. The first-order chi connectivity index (χ1) is 13.6. The van der Waals surface area contributed by atoms with E-state index >= 15 is 0 Å². The van der Waals surface area contributed by atoms with E-state index in [0.717, 1.165) is 40.9 Å². The number of benzene rings is 2. The Morgan fingerprint density at radius 3 is 2.39 bits per heavy atom. The maximum atomic E-state index is 5.50. The summed E-state index contributed by atoms with van der Waals surface area (Å²) in [7, 11) is 5.38. The van der Waals surface area contributed by atoms with Crippen molar-refractivity contribution < 1.29 is 14.2 Å². The molecular weight excluding hydrogens is 372 g/mol. The zero-order valence-electron chi connectivity index (χ0n) is 16.8. The Balaban J connectivity index is 1.64. The summed E-state index contributed by atoms with van der Waals surface area (Å²) in [4.78, 5) is 7.05. The van der Waals surface area contributed by atoms with E-state index in [0.29, 0.717) is 12.4 Å². The molecule has 3 aromatic rings. The Morgan fingerprint density at radius 1 is 0.964 bits per heavy atom. The van der Waals surface area contributed by atoms with Crippen molar-refractivity contribution in [2.24, 2.45) is 0 Å². The Labute approximate surface area is 170 Å². The fraction of sp³-hybridized carbons (Fsp3) is 0.318. The van der Waals surface area contributed by atoms with Crippen LogP contribution in [-0.2, 0) is 13.1 Å². The first kappa shape index (κ1) is 20.2. The van der Waals surface area contributed by atoms with Gasteiger partial charge in [-0.3, -0.25) is 4.90 Å². The standard InChI is InChI=1S/C22H26N2O3S/c1-5-27-19-9-6-16(7-10-19)13-24(2)14-18-15-28-22(23-18)17-8-11-20(25-3)21(12-17)26-4/h6-12,15H,5,13-14H2,1-4H3. The number of rotatable bonds is 9. The van der Waals surface area contributed by atoms with Crippen LogP contribution in [0.15, 0.2) is 47.8 Å². The minimum absolute atomic E-state index is 0.686. The lowest BCUT2D eigenvalue weighted by Crippen LogP contribution is -2.17. The summed E-state index contributed by atoms with van der Waals surface area (Å²) < 4.78 is 16.2. The molecule has 3 rings (SSSR count). The number of hydrogen-bond acceptors (Lipinski definition) is 6. The minimum Gasteiger partial charge on any atom is -0.494 e. The van der Waals surface area contributed by atoms with E-state index in [1.54, 1.807) is 25.6 Å². The molecule has 0 unspecified atom stereocenters. The van der Waals surface area contributed by atoms with Gasteiger partial charge in [-0.05, 0) is 49.9 Å². The summed E-state index contributed by atoms with van der Waals surface area (Å²) in [6, 6.07) is 14.1. The second-order valence-electron chi connectivity index (χ2n) is 6.46. The average Bonchev–Trinajstić information content (AvgIpc) is 3.17. The summed E-state index contributed by atoms with van der Waals surface area (Å²) >= 11 is 1.64. The molecule has 6 heteroatoms. The van der Waals surface area contributed by atoms with Crippen molar-refractivity contribution in [2.45, 2.75) is 20.0 Å². The number of hydrogen-bond donors (Lipinski definition) is 0. The molecule has 28 heavy (non-hydrogen) atoms.